The van der Waals surface area contributed by atoms with Gasteiger partial charge in [-0.15, -0.1) is 0 Å². The Morgan fingerprint density at radius 1 is 0.408 bits per heavy atom. The molecular weight excluding hydrogens is 593 g/mol. The molecule has 49 heavy (non-hydrogen) atoms. The predicted octanol–water partition coefficient (Wildman–Crippen LogP) is 12.6. The monoisotopic (exact) mass is 626 g/mol. The molecule has 0 radical (unpaired) electrons. The third-order valence-electron chi connectivity index (χ3n) is 9.77. The molecule has 9 aromatic rings. The number of aromatic nitrogens is 2. The van der Waals surface area contributed by atoms with E-state index in [4.69, 9.17) is 4.98 Å². The second-order valence-corrected chi connectivity index (χ2v) is 12.6. The Bertz CT molecular complexity index is 2600. The highest BCUT2D eigenvalue weighted by atomic mass is 15.1. The van der Waals surface area contributed by atoms with E-state index in [0.29, 0.717) is 0 Å². The van der Waals surface area contributed by atoms with Crippen molar-refractivity contribution in [3.8, 4) is 50.2 Å². The molecule has 1 aromatic heterocycles. The van der Waals surface area contributed by atoms with Crippen LogP contribution < -0.4 is 0 Å². The van der Waals surface area contributed by atoms with Crippen molar-refractivity contribution >= 4 is 32.6 Å². The second kappa shape index (κ2) is 12.1. The third-order valence-corrected chi connectivity index (χ3v) is 9.77. The number of hydrogen-bond acceptors (Lipinski definition) is 1. The number of rotatable bonds is 6. The van der Waals surface area contributed by atoms with E-state index in [0.717, 1.165) is 29.0 Å². The minimum Gasteiger partial charge on any atom is -0.296 e. The van der Waals surface area contributed by atoms with Gasteiger partial charge in [-0.3, -0.25) is 4.57 Å². The zero-order valence-corrected chi connectivity index (χ0v) is 27.3. The van der Waals surface area contributed by atoms with Gasteiger partial charge in [0.1, 0.15) is 5.82 Å². The van der Waals surface area contributed by atoms with Crippen LogP contribution in [0, 0.1) is 0 Å². The van der Waals surface area contributed by atoms with Crippen molar-refractivity contribution in [2.75, 3.05) is 0 Å². The van der Waals surface area contributed by atoms with Gasteiger partial charge in [-0.2, -0.15) is 0 Å². The zero-order chi connectivity index (χ0) is 32.7. The van der Waals surface area contributed by atoms with Gasteiger partial charge in [0.15, 0.2) is 0 Å². The highest BCUT2D eigenvalue weighted by Gasteiger charge is 2.17. The summed E-state index contributed by atoms with van der Waals surface area (Å²) in [6.45, 7) is 2.16. The molecular formula is C47H34N2. The topological polar surface area (TPSA) is 17.8 Å². The molecule has 9 rings (SSSR count). The van der Waals surface area contributed by atoms with E-state index in [2.05, 4.69) is 187 Å². The van der Waals surface area contributed by atoms with E-state index in [-0.39, 0.29) is 0 Å². The Morgan fingerprint density at radius 2 is 0.878 bits per heavy atom. The highest BCUT2D eigenvalue weighted by Crippen LogP contribution is 2.44. The molecule has 0 atom stereocenters. The van der Waals surface area contributed by atoms with Crippen molar-refractivity contribution in [1.29, 1.82) is 0 Å². The average Bonchev–Trinajstić information content (AvgIpc) is 3.56. The van der Waals surface area contributed by atoms with Crippen molar-refractivity contribution in [1.82, 2.24) is 9.55 Å². The maximum atomic E-state index is 4.87. The molecule has 0 bridgehead atoms. The van der Waals surface area contributed by atoms with E-state index in [1.165, 1.54) is 66.1 Å². The van der Waals surface area contributed by atoms with Crippen LogP contribution in [0.15, 0.2) is 176 Å². The fourth-order valence-electron chi connectivity index (χ4n) is 7.45. The van der Waals surface area contributed by atoms with Crippen LogP contribution in [-0.2, 0) is 6.42 Å². The molecule has 0 saturated carbocycles. The van der Waals surface area contributed by atoms with Crippen molar-refractivity contribution in [3.63, 3.8) is 0 Å². The van der Waals surface area contributed by atoms with Gasteiger partial charge in [0.05, 0.1) is 11.0 Å². The molecule has 232 valence electrons. The van der Waals surface area contributed by atoms with Gasteiger partial charge >= 0.3 is 0 Å². The van der Waals surface area contributed by atoms with Crippen LogP contribution in [0.4, 0.5) is 0 Å². The number of nitrogens with zero attached hydrogens (tertiary/aromatic N) is 2. The largest absolute Gasteiger partial charge is 0.296 e. The first-order chi connectivity index (χ1) is 24.3. The van der Waals surface area contributed by atoms with E-state index < -0.39 is 0 Å². The first-order valence-electron chi connectivity index (χ1n) is 17.0. The van der Waals surface area contributed by atoms with E-state index in [9.17, 15) is 0 Å². The van der Waals surface area contributed by atoms with Crippen molar-refractivity contribution in [2.45, 2.75) is 13.3 Å². The molecule has 0 aliphatic carbocycles. The van der Waals surface area contributed by atoms with E-state index in [1.807, 2.05) is 0 Å². The lowest BCUT2D eigenvalue weighted by atomic mass is 9.85. The van der Waals surface area contributed by atoms with Crippen LogP contribution in [0.5, 0.6) is 0 Å². The van der Waals surface area contributed by atoms with Gasteiger partial charge < -0.3 is 0 Å². The first-order valence-corrected chi connectivity index (χ1v) is 17.0. The molecule has 0 amide bonds. The predicted molar refractivity (Wildman–Crippen MR) is 207 cm³/mol. The van der Waals surface area contributed by atoms with Crippen LogP contribution in [0.1, 0.15) is 12.7 Å². The Hall–Kier alpha value is -6.25. The van der Waals surface area contributed by atoms with Crippen LogP contribution in [0.25, 0.3) is 82.8 Å². The minimum atomic E-state index is 0.878. The Labute approximate surface area is 286 Å². The van der Waals surface area contributed by atoms with Crippen LogP contribution in [0.2, 0.25) is 0 Å². The number of benzene rings is 8. The van der Waals surface area contributed by atoms with Gasteiger partial charge in [-0.1, -0.05) is 153 Å². The van der Waals surface area contributed by atoms with Crippen LogP contribution >= 0.6 is 0 Å². The van der Waals surface area contributed by atoms with Crippen LogP contribution in [-0.4, -0.2) is 9.55 Å². The number of aryl methyl sites for hydroxylation is 1. The van der Waals surface area contributed by atoms with Crippen LogP contribution in [0.3, 0.4) is 0 Å². The van der Waals surface area contributed by atoms with Gasteiger partial charge in [0.2, 0.25) is 0 Å². The summed E-state index contributed by atoms with van der Waals surface area (Å²) >= 11 is 0. The highest BCUT2D eigenvalue weighted by molar-refractivity contribution is 6.21. The summed E-state index contributed by atoms with van der Waals surface area (Å²) in [5.74, 6) is 1.08. The lowest BCUT2D eigenvalue weighted by Crippen LogP contribution is -1.99. The summed E-state index contributed by atoms with van der Waals surface area (Å²) in [7, 11) is 0. The summed E-state index contributed by atoms with van der Waals surface area (Å²) in [6.07, 6.45) is 0.878. The van der Waals surface area contributed by atoms with Gasteiger partial charge in [-0.05, 0) is 96.4 Å². The summed E-state index contributed by atoms with van der Waals surface area (Å²) in [4.78, 5) is 4.87. The van der Waals surface area contributed by atoms with Crippen molar-refractivity contribution in [2.24, 2.45) is 0 Å². The first kappa shape index (κ1) is 28.9. The molecule has 8 aromatic carbocycles. The SMILES string of the molecule is CCc1nc2ccccc2n1-c1ccc(-c2ccc(-c3ccc4c(-c5ccccc5)c5ccccc5c(-c5ccccc5)c4c3)cc2)cc1. The second-order valence-electron chi connectivity index (χ2n) is 12.6. The van der Waals surface area contributed by atoms with Gasteiger partial charge in [0, 0.05) is 12.1 Å². The fourth-order valence-corrected chi connectivity index (χ4v) is 7.45. The summed E-state index contributed by atoms with van der Waals surface area (Å²) in [6, 6.07) is 63.7. The Kier molecular flexibility index (Phi) is 7.13. The van der Waals surface area contributed by atoms with Crippen molar-refractivity contribution < 1.29 is 0 Å². The number of para-hydroxylation sites is 2. The average molecular weight is 627 g/mol. The minimum absolute atomic E-state index is 0.878. The molecule has 2 nitrogen and oxygen atoms in total. The smallest absolute Gasteiger partial charge is 0.114 e. The lowest BCUT2D eigenvalue weighted by molar-refractivity contribution is 0.908. The third kappa shape index (κ3) is 5.01. The molecule has 1 heterocycles. The molecule has 2 heteroatoms. The zero-order valence-electron chi connectivity index (χ0n) is 27.3. The molecule has 0 N–H and O–H groups in total. The Balaban J connectivity index is 1.13. The molecule has 0 aliphatic heterocycles. The number of fused-ring (bicyclic) bond motifs is 3. The number of hydrogen-bond donors (Lipinski definition) is 0. The van der Waals surface area contributed by atoms with Crippen molar-refractivity contribution in [3.05, 3.63) is 182 Å². The normalized spacial score (nSPS) is 11.4. The summed E-state index contributed by atoms with van der Waals surface area (Å²) in [5.41, 5.74) is 13.2. The van der Waals surface area contributed by atoms with E-state index >= 15 is 0 Å². The number of imidazole rings is 1. The molecule has 0 fully saturated rings. The molecule has 0 aliphatic rings. The molecule has 0 spiro atoms. The maximum absolute atomic E-state index is 4.87. The van der Waals surface area contributed by atoms with Gasteiger partial charge in [0.25, 0.3) is 0 Å². The Morgan fingerprint density at radius 3 is 1.49 bits per heavy atom. The van der Waals surface area contributed by atoms with Gasteiger partial charge in [-0.25, -0.2) is 4.98 Å². The molecule has 0 unspecified atom stereocenters. The maximum Gasteiger partial charge on any atom is 0.114 e. The lowest BCUT2D eigenvalue weighted by Gasteiger charge is -2.18. The summed E-state index contributed by atoms with van der Waals surface area (Å²) in [5, 5.41) is 5.07. The fraction of sp³-hybridized carbons (Fsp3) is 0.0426. The molecule has 0 saturated heterocycles. The van der Waals surface area contributed by atoms with E-state index in [1.54, 1.807) is 0 Å². The standard InChI is InChI=1S/C47H34N2/c1-2-45-48-43-19-11-12-20-44(43)49(45)38-28-25-33(26-29-38)32-21-23-34(24-22-32)37-27-30-41-42(31-37)47(36-15-7-4-8-16-36)40-18-10-9-17-39(40)46(41)35-13-5-3-6-14-35/h3-31H,2H2,1H3. The summed E-state index contributed by atoms with van der Waals surface area (Å²) < 4.78 is 2.28. The quantitative estimate of drug-likeness (QED) is 0.168.